The van der Waals surface area contributed by atoms with Crippen molar-refractivity contribution in [3.05, 3.63) is 53.2 Å². The number of aryl methyl sites for hydroxylation is 1. The Morgan fingerprint density at radius 2 is 2.14 bits per heavy atom. The molecular formula is C20H25N5O3. The predicted molar refractivity (Wildman–Crippen MR) is 108 cm³/mol. The first kappa shape index (κ1) is 20.9. The highest BCUT2D eigenvalue weighted by Crippen LogP contribution is 2.21. The zero-order valence-corrected chi connectivity index (χ0v) is 16.0. The third kappa shape index (κ3) is 5.29. The molecule has 8 heteroatoms. The van der Waals surface area contributed by atoms with Crippen molar-refractivity contribution in [1.82, 2.24) is 9.88 Å². The maximum absolute atomic E-state index is 11.4. The van der Waals surface area contributed by atoms with Gasteiger partial charge < -0.3 is 20.5 Å². The number of carboxylic acids is 1. The van der Waals surface area contributed by atoms with E-state index in [1.807, 2.05) is 13.8 Å². The fraction of sp³-hybridized carbons (Fsp3) is 0.300. The summed E-state index contributed by atoms with van der Waals surface area (Å²) in [6.45, 7) is 4.43. The van der Waals surface area contributed by atoms with Crippen LogP contribution in [0.25, 0.3) is 0 Å². The van der Waals surface area contributed by atoms with Gasteiger partial charge in [-0.25, -0.2) is 9.78 Å². The Balaban J connectivity index is 2.08. The number of nitrogen functional groups attached to an aromatic ring is 1. The Morgan fingerprint density at radius 1 is 1.39 bits per heavy atom. The van der Waals surface area contributed by atoms with Gasteiger partial charge in [0.15, 0.2) is 5.84 Å². The summed E-state index contributed by atoms with van der Waals surface area (Å²) < 4.78 is 5.77. The smallest absolute Gasteiger partial charge is 0.339 e. The van der Waals surface area contributed by atoms with Crippen LogP contribution in [0.2, 0.25) is 0 Å². The Bertz CT molecular complexity index is 869. The summed E-state index contributed by atoms with van der Waals surface area (Å²) in [6.07, 6.45) is 1.81. The molecule has 28 heavy (non-hydrogen) atoms. The van der Waals surface area contributed by atoms with Gasteiger partial charge in [0.2, 0.25) is 0 Å². The lowest BCUT2D eigenvalue weighted by Gasteiger charge is -2.25. The van der Waals surface area contributed by atoms with Gasteiger partial charge in [-0.2, -0.15) is 0 Å². The van der Waals surface area contributed by atoms with Crippen molar-refractivity contribution in [2.75, 3.05) is 18.9 Å². The topological polar surface area (TPSA) is 136 Å². The normalized spacial score (nSPS) is 11.5. The van der Waals surface area contributed by atoms with Crippen molar-refractivity contribution < 1.29 is 14.6 Å². The van der Waals surface area contributed by atoms with E-state index in [0.717, 1.165) is 18.3 Å². The predicted octanol–water partition coefficient (Wildman–Crippen LogP) is 3.01. The van der Waals surface area contributed by atoms with E-state index < -0.39 is 5.97 Å². The molecule has 0 radical (unpaired) electrons. The molecule has 0 aliphatic rings. The van der Waals surface area contributed by atoms with Crippen molar-refractivity contribution in [1.29, 1.82) is 10.8 Å². The number of amidine groups is 1. The second kappa shape index (κ2) is 9.50. The Labute approximate surface area is 164 Å². The first-order valence-corrected chi connectivity index (χ1v) is 8.91. The largest absolute Gasteiger partial charge is 0.492 e. The van der Waals surface area contributed by atoms with Gasteiger partial charge in [0.1, 0.15) is 22.8 Å². The number of carbonyl (C=O) groups is 1. The minimum atomic E-state index is -1.04. The van der Waals surface area contributed by atoms with E-state index >= 15 is 0 Å². The molecular weight excluding hydrogens is 358 g/mol. The van der Waals surface area contributed by atoms with Crippen molar-refractivity contribution in [3.63, 3.8) is 0 Å². The summed E-state index contributed by atoms with van der Waals surface area (Å²) in [5.41, 5.74) is 7.02. The average molecular weight is 383 g/mol. The van der Waals surface area contributed by atoms with Crippen LogP contribution in [-0.2, 0) is 0 Å². The van der Waals surface area contributed by atoms with Crippen LogP contribution in [0.1, 0.15) is 35.0 Å². The fourth-order valence-electron chi connectivity index (χ4n) is 2.66. The molecule has 1 atom stereocenters. The Morgan fingerprint density at radius 3 is 2.75 bits per heavy atom. The number of hydrogen-bond donors (Lipinski definition) is 4. The highest BCUT2D eigenvalue weighted by atomic mass is 16.5. The Hall–Kier alpha value is -3.42. The molecule has 1 aromatic carbocycles. The first-order chi connectivity index (χ1) is 13.3. The Kier molecular flexibility index (Phi) is 7.08. The number of aromatic carboxylic acids is 1. The maximum atomic E-state index is 11.4. The molecule has 0 amide bonds. The molecule has 0 saturated carbocycles. The number of nitrogens with zero attached hydrogens (tertiary/aromatic N) is 2. The van der Waals surface area contributed by atoms with E-state index in [9.17, 15) is 9.90 Å². The van der Waals surface area contributed by atoms with Crippen LogP contribution in [0.15, 0.2) is 36.4 Å². The van der Waals surface area contributed by atoms with Crippen LogP contribution in [0.4, 0.5) is 5.82 Å². The summed E-state index contributed by atoms with van der Waals surface area (Å²) >= 11 is 0. The van der Waals surface area contributed by atoms with E-state index in [0.29, 0.717) is 23.8 Å². The quantitative estimate of drug-likeness (QED) is 0.388. The summed E-state index contributed by atoms with van der Waals surface area (Å²) in [5.74, 6) is -0.371. The second-order valence-electron chi connectivity index (χ2n) is 6.47. The van der Waals surface area contributed by atoms with Crippen LogP contribution in [0.5, 0.6) is 5.75 Å². The molecule has 1 heterocycles. The lowest BCUT2D eigenvalue weighted by molar-refractivity contribution is 0.0691. The van der Waals surface area contributed by atoms with Gasteiger partial charge in [-0.3, -0.25) is 10.8 Å². The minimum absolute atomic E-state index is 0.0223. The molecule has 2 aromatic rings. The molecule has 8 nitrogen and oxygen atoms in total. The highest BCUT2D eigenvalue weighted by Gasteiger charge is 2.19. The summed E-state index contributed by atoms with van der Waals surface area (Å²) in [5, 5.41) is 25.3. The van der Waals surface area contributed by atoms with Crippen molar-refractivity contribution in [2.45, 2.75) is 20.3 Å². The number of hydrogen-bond acceptors (Lipinski definition) is 6. The molecule has 1 unspecified atom stereocenters. The molecule has 0 spiro atoms. The van der Waals surface area contributed by atoms with Crippen LogP contribution in [0, 0.1) is 23.7 Å². The van der Waals surface area contributed by atoms with E-state index in [2.05, 4.69) is 4.98 Å². The number of nitrogens with one attached hydrogen (secondary N) is 2. The lowest BCUT2D eigenvalue weighted by Crippen LogP contribution is -2.36. The van der Waals surface area contributed by atoms with E-state index in [-0.39, 0.29) is 23.9 Å². The highest BCUT2D eigenvalue weighted by molar-refractivity contribution is 6.00. The van der Waals surface area contributed by atoms with Gasteiger partial charge >= 0.3 is 5.97 Å². The third-order valence-corrected chi connectivity index (χ3v) is 4.33. The van der Waals surface area contributed by atoms with Gasteiger partial charge in [-0.05, 0) is 37.6 Å². The maximum Gasteiger partial charge on any atom is 0.339 e. The standard InChI is InChI=1S/C20H25N5O3/c1-3-14(11-28-17-8-7-13(2)9-15(17)20(26)27)10-25(12-21)19(23)16-5-4-6-18(22)24-16/h4-9,12,14,21,23H,3,10-11H2,1-2H3,(H2,22,24)(H,26,27). The summed E-state index contributed by atoms with van der Waals surface area (Å²) in [4.78, 5) is 17.0. The molecule has 0 bridgehead atoms. The SMILES string of the molecule is CCC(COc1ccc(C)cc1C(=O)O)CN(C=N)C(=N)c1cccc(N)n1. The monoisotopic (exact) mass is 383 g/mol. The molecule has 0 aliphatic carbocycles. The summed E-state index contributed by atoms with van der Waals surface area (Å²) in [6, 6.07) is 10.0. The molecule has 5 N–H and O–H groups in total. The first-order valence-electron chi connectivity index (χ1n) is 8.91. The molecule has 0 aliphatic heterocycles. The number of anilines is 1. The van der Waals surface area contributed by atoms with E-state index in [4.69, 9.17) is 21.3 Å². The zero-order chi connectivity index (χ0) is 20.7. The van der Waals surface area contributed by atoms with Crippen molar-refractivity contribution in [3.8, 4) is 5.75 Å². The van der Waals surface area contributed by atoms with Gasteiger partial charge in [0.05, 0.1) is 12.9 Å². The molecule has 2 rings (SSSR count). The molecule has 0 saturated heterocycles. The second-order valence-corrected chi connectivity index (χ2v) is 6.47. The van der Waals surface area contributed by atoms with E-state index in [1.54, 1.807) is 36.4 Å². The van der Waals surface area contributed by atoms with Crippen LogP contribution < -0.4 is 10.5 Å². The average Bonchev–Trinajstić information content (AvgIpc) is 2.68. The number of carboxylic acid groups (broad SMARTS) is 1. The van der Waals surface area contributed by atoms with Gasteiger partial charge in [-0.15, -0.1) is 0 Å². The van der Waals surface area contributed by atoms with Crippen LogP contribution >= 0.6 is 0 Å². The van der Waals surface area contributed by atoms with Gasteiger partial charge in [0.25, 0.3) is 0 Å². The number of rotatable bonds is 9. The number of ether oxygens (including phenoxy) is 1. The zero-order valence-electron chi connectivity index (χ0n) is 16.0. The van der Waals surface area contributed by atoms with Gasteiger partial charge in [-0.1, -0.05) is 24.6 Å². The molecule has 1 aromatic heterocycles. The third-order valence-electron chi connectivity index (χ3n) is 4.33. The number of pyridine rings is 1. The lowest BCUT2D eigenvalue weighted by atomic mass is 10.1. The number of nitrogens with two attached hydrogens (primary N) is 1. The molecule has 148 valence electrons. The van der Waals surface area contributed by atoms with Gasteiger partial charge in [0, 0.05) is 12.5 Å². The number of aromatic nitrogens is 1. The van der Waals surface area contributed by atoms with Crippen molar-refractivity contribution in [2.24, 2.45) is 5.92 Å². The van der Waals surface area contributed by atoms with Crippen LogP contribution in [-0.4, -0.2) is 46.3 Å². The minimum Gasteiger partial charge on any atom is -0.492 e. The van der Waals surface area contributed by atoms with E-state index in [1.165, 1.54) is 4.90 Å². The fourth-order valence-corrected chi connectivity index (χ4v) is 2.66. The molecule has 0 fully saturated rings. The van der Waals surface area contributed by atoms with Crippen molar-refractivity contribution >= 4 is 24.0 Å². The summed E-state index contributed by atoms with van der Waals surface area (Å²) in [7, 11) is 0. The van der Waals surface area contributed by atoms with Crippen LogP contribution in [0.3, 0.4) is 0 Å². The number of benzene rings is 1.